The smallest absolute Gasteiger partial charge is 0.140 e. The minimum Gasteiger partial charge on any atom is -0.456 e. The highest BCUT2D eigenvalue weighted by Gasteiger charge is 2.53. The Balaban J connectivity index is 0.996. The summed E-state index contributed by atoms with van der Waals surface area (Å²) in [5.41, 5.74) is 16.5. The third-order valence-electron chi connectivity index (χ3n) is 14.1. The van der Waals surface area contributed by atoms with Gasteiger partial charge in [-0.25, -0.2) is 0 Å². The van der Waals surface area contributed by atoms with Crippen LogP contribution in [0.2, 0.25) is 0 Å². The second-order valence-corrected chi connectivity index (χ2v) is 17.5. The van der Waals surface area contributed by atoms with Gasteiger partial charge in [0.2, 0.25) is 0 Å². The third kappa shape index (κ3) is 5.16. The molecule has 12 aromatic rings. The lowest BCUT2D eigenvalue weighted by Gasteiger charge is -2.40. The molecule has 8 aromatic carbocycles. The van der Waals surface area contributed by atoms with Gasteiger partial charge in [0, 0.05) is 62.0 Å². The highest BCUT2D eigenvalue weighted by molar-refractivity contribution is 6.12. The molecule has 68 heavy (non-hydrogen) atoms. The van der Waals surface area contributed by atoms with Gasteiger partial charge in [-0.15, -0.1) is 0 Å². The molecule has 14 rings (SSSR count). The van der Waals surface area contributed by atoms with Crippen molar-refractivity contribution in [2.75, 3.05) is 0 Å². The van der Waals surface area contributed by atoms with Crippen LogP contribution in [0.15, 0.2) is 207 Å². The second-order valence-electron chi connectivity index (χ2n) is 17.5. The first-order valence-corrected chi connectivity index (χ1v) is 22.6. The molecule has 2 aliphatic rings. The Kier molecular flexibility index (Phi) is 7.90. The average molecular weight is 867 g/mol. The number of pyridine rings is 2. The van der Waals surface area contributed by atoms with E-state index in [9.17, 15) is 10.5 Å². The Morgan fingerprint density at radius 3 is 1.47 bits per heavy atom. The Morgan fingerprint density at radius 1 is 0.412 bits per heavy atom. The molecule has 0 saturated heterocycles. The number of nitrogens with zero attached hydrogens (tertiary/aromatic N) is 6. The molecule has 7 nitrogen and oxygen atoms in total. The normalized spacial score (nSPS) is 12.9. The van der Waals surface area contributed by atoms with Gasteiger partial charge in [0.15, 0.2) is 0 Å². The number of nitriles is 2. The summed E-state index contributed by atoms with van der Waals surface area (Å²) < 4.78 is 11.8. The number of hydrogen-bond acceptors (Lipinski definition) is 5. The van der Waals surface area contributed by atoms with Gasteiger partial charge in [-0.1, -0.05) is 84.9 Å². The first-order valence-electron chi connectivity index (χ1n) is 22.6. The maximum atomic E-state index is 10.0. The Bertz CT molecular complexity index is 4160. The number of aromatic nitrogens is 4. The minimum absolute atomic E-state index is 0.612. The summed E-state index contributed by atoms with van der Waals surface area (Å²) >= 11 is 0. The summed E-state index contributed by atoms with van der Waals surface area (Å²) in [7, 11) is 0. The van der Waals surface area contributed by atoms with Gasteiger partial charge < -0.3 is 13.9 Å². The molecular formula is C61H34N6O. The number of ether oxygens (including phenoxy) is 1. The molecular weight excluding hydrogens is 833 g/mol. The van der Waals surface area contributed by atoms with Crippen LogP contribution in [-0.2, 0) is 5.41 Å². The van der Waals surface area contributed by atoms with Crippen LogP contribution in [0.3, 0.4) is 0 Å². The Morgan fingerprint density at radius 2 is 0.897 bits per heavy atom. The molecule has 0 saturated carbocycles. The zero-order valence-electron chi connectivity index (χ0n) is 36.2. The molecule has 0 atom stereocenters. The second kappa shape index (κ2) is 14.2. The van der Waals surface area contributed by atoms with Crippen LogP contribution in [0.5, 0.6) is 11.5 Å². The van der Waals surface area contributed by atoms with Gasteiger partial charge in [0.25, 0.3) is 0 Å². The fourth-order valence-electron chi connectivity index (χ4n) is 11.3. The van der Waals surface area contributed by atoms with Crippen molar-refractivity contribution in [1.29, 1.82) is 10.5 Å². The number of hydrogen-bond donors (Lipinski definition) is 0. The Hall–Kier alpha value is -9.56. The predicted octanol–water partition coefficient (Wildman–Crippen LogP) is 14.2. The summed E-state index contributed by atoms with van der Waals surface area (Å²) in [5, 5.41) is 24.1. The van der Waals surface area contributed by atoms with Gasteiger partial charge >= 0.3 is 0 Å². The summed E-state index contributed by atoms with van der Waals surface area (Å²) in [6.45, 7) is 0. The van der Waals surface area contributed by atoms with Crippen LogP contribution < -0.4 is 4.74 Å². The van der Waals surface area contributed by atoms with Gasteiger partial charge in [0.1, 0.15) is 11.5 Å². The number of fused-ring (bicyclic) bond motifs is 15. The van der Waals surface area contributed by atoms with Crippen molar-refractivity contribution in [1.82, 2.24) is 19.1 Å². The van der Waals surface area contributed by atoms with Crippen molar-refractivity contribution in [3.8, 4) is 68.7 Å². The molecule has 0 bridgehead atoms. The fourth-order valence-corrected chi connectivity index (χ4v) is 11.3. The highest BCUT2D eigenvalue weighted by atomic mass is 16.5. The molecule has 1 aliphatic heterocycles. The van der Waals surface area contributed by atoms with Crippen LogP contribution in [0.4, 0.5) is 0 Å². The SMILES string of the molecule is N#Cc1ccc2c(c1)c1cc(-c3ccc4c(c3)C3(c5cccnc5-c5ncccc53)c3cccc(-c5ccc6c(c5)c5cc(C#N)ccc5n6-c5ccccc5)c3O4)ccc1n2-c1ccccc1. The molecule has 1 spiro atoms. The van der Waals surface area contributed by atoms with E-state index in [4.69, 9.17) is 14.7 Å². The van der Waals surface area contributed by atoms with Gasteiger partial charge in [-0.05, 0) is 137 Å². The van der Waals surface area contributed by atoms with E-state index < -0.39 is 5.41 Å². The van der Waals surface area contributed by atoms with Crippen LogP contribution in [0.1, 0.15) is 33.4 Å². The van der Waals surface area contributed by atoms with Crippen molar-refractivity contribution >= 4 is 43.6 Å². The van der Waals surface area contributed by atoms with Gasteiger partial charge in [-0.3, -0.25) is 9.97 Å². The van der Waals surface area contributed by atoms with E-state index in [0.717, 1.165) is 122 Å². The zero-order chi connectivity index (χ0) is 45.1. The lowest BCUT2D eigenvalue weighted by atomic mass is 9.65. The maximum Gasteiger partial charge on any atom is 0.140 e. The van der Waals surface area contributed by atoms with Gasteiger partial charge in [0.05, 0.1) is 62.1 Å². The molecule has 4 aromatic heterocycles. The minimum atomic E-state index is -0.827. The highest BCUT2D eigenvalue weighted by Crippen LogP contribution is 2.63. The van der Waals surface area contributed by atoms with Crippen LogP contribution in [-0.4, -0.2) is 19.1 Å². The largest absolute Gasteiger partial charge is 0.456 e. The first kappa shape index (κ1) is 37.8. The van der Waals surface area contributed by atoms with E-state index in [1.165, 1.54) is 0 Å². The van der Waals surface area contributed by atoms with E-state index in [1.54, 1.807) is 0 Å². The van der Waals surface area contributed by atoms with Crippen molar-refractivity contribution in [2.24, 2.45) is 0 Å². The molecule has 0 radical (unpaired) electrons. The molecule has 0 fully saturated rings. The molecule has 0 unspecified atom stereocenters. The summed E-state index contributed by atoms with van der Waals surface area (Å²) in [6, 6.07) is 72.0. The van der Waals surface area contributed by atoms with Gasteiger partial charge in [-0.2, -0.15) is 10.5 Å². The van der Waals surface area contributed by atoms with Crippen molar-refractivity contribution in [3.63, 3.8) is 0 Å². The monoisotopic (exact) mass is 866 g/mol. The standard InChI is InChI=1S/C61H34N6O/c62-35-37-18-23-53-45(30-37)47-32-39(20-25-55(47)66(53)42-10-3-1-4-11-42)40-22-27-57-52(34-40)61(49-16-8-28-64-58(49)59-50(61)17-9-29-65-59)51-15-7-14-44(60(51)68-57)41-21-26-56-48(33-41)46-31-38(36-63)19-24-54(46)67(56)43-12-5-2-6-13-43/h1-34H. The van der Waals surface area contributed by atoms with E-state index in [0.29, 0.717) is 11.1 Å². The Labute approximate surface area is 390 Å². The van der Waals surface area contributed by atoms with E-state index in [2.05, 4.69) is 161 Å². The van der Waals surface area contributed by atoms with Crippen molar-refractivity contribution in [2.45, 2.75) is 5.41 Å². The zero-order valence-corrected chi connectivity index (χ0v) is 36.2. The quantitative estimate of drug-likeness (QED) is 0.176. The molecule has 0 amide bonds. The molecule has 314 valence electrons. The molecule has 0 N–H and O–H groups in total. The van der Waals surface area contributed by atoms with E-state index in [1.807, 2.05) is 67.0 Å². The number of rotatable bonds is 4. The van der Waals surface area contributed by atoms with Crippen molar-refractivity contribution in [3.05, 3.63) is 240 Å². The fraction of sp³-hybridized carbons (Fsp3) is 0.0164. The number of benzene rings is 8. The van der Waals surface area contributed by atoms with E-state index >= 15 is 0 Å². The molecule has 5 heterocycles. The van der Waals surface area contributed by atoms with E-state index in [-0.39, 0.29) is 0 Å². The topological polar surface area (TPSA) is 92.4 Å². The lowest BCUT2D eigenvalue weighted by molar-refractivity contribution is 0.438. The van der Waals surface area contributed by atoms with Crippen molar-refractivity contribution < 1.29 is 4.74 Å². The third-order valence-corrected chi connectivity index (χ3v) is 14.1. The summed E-state index contributed by atoms with van der Waals surface area (Å²) in [5.74, 6) is 1.52. The predicted molar refractivity (Wildman–Crippen MR) is 268 cm³/mol. The molecule has 7 heteroatoms. The average Bonchev–Trinajstić information content (AvgIpc) is 4.02. The summed E-state index contributed by atoms with van der Waals surface area (Å²) in [4.78, 5) is 10.0. The summed E-state index contributed by atoms with van der Waals surface area (Å²) in [6.07, 6.45) is 3.70. The van der Waals surface area contributed by atoms with Crippen LogP contribution >= 0.6 is 0 Å². The lowest BCUT2D eigenvalue weighted by Crippen LogP contribution is -2.32. The first-order chi connectivity index (χ1) is 33.6. The maximum absolute atomic E-state index is 10.0. The van der Waals surface area contributed by atoms with Crippen LogP contribution in [0, 0.1) is 22.7 Å². The molecule has 1 aliphatic carbocycles. The number of para-hydroxylation sites is 3. The van der Waals surface area contributed by atoms with Crippen LogP contribution in [0.25, 0.3) is 88.6 Å².